The van der Waals surface area contributed by atoms with Crippen LogP contribution in [-0.4, -0.2) is 0 Å². The lowest BCUT2D eigenvalue weighted by Crippen LogP contribution is -1.62. The molecule has 1 radical (unpaired) electrons. The Morgan fingerprint density at radius 2 is 2.30 bits per heavy atom. The summed E-state index contributed by atoms with van der Waals surface area (Å²) in [5.74, 6) is 0.716. The molecule has 0 saturated carbocycles. The Morgan fingerprint density at radius 1 is 1.30 bits per heavy atom. The second-order valence-electron chi connectivity index (χ2n) is 1.91. The molecule has 0 unspecified atom stereocenters. The van der Waals surface area contributed by atoms with Crippen LogP contribution >= 0.6 is 0 Å². The van der Waals surface area contributed by atoms with E-state index < -0.39 is 0 Å². The molecule has 10 heavy (non-hydrogen) atoms. The SMILES string of the molecule is [c]1ccoc1-c1ccoc1. The van der Waals surface area contributed by atoms with E-state index in [0.717, 1.165) is 5.56 Å². The van der Waals surface area contributed by atoms with E-state index >= 15 is 0 Å². The molecule has 0 spiro atoms. The van der Waals surface area contributed by atoms with Gasteiger partial charge in [-0.05, 0) is 12.1 Å². The van der Waals surface area contributed by atoms with Crippen molar-refractivity contribution in [3.05, 3.63) is 37.0 Å². The van der Waals surface area contributed by atoms with Gasteiger partial charge in [0.2, 0.25) is 0 Å². The maximum Gasteiger partial charge on any atom is 0.145 e. The first-order chi connectivity index (χ1) is 4.97. The first kappa shape index (κ1) is 5.35. The average Bonchev–Trinajstić information content (AvgIpc) is 2.59. The zero-order valence-electron chi connectivity index (χ0n) is 5.20. The third-order valence-electron chi connectivity index (χ3n) is 1.25. The molecule has 0 aliphatic heterocycles. The van der Waals surface area contributed by atoms with Crippen LogP contribution in [-0.2, 0) is 0 Å². The van der Waals surface area contributed by atoms with Crippen molar-refractivity contribution in [2.75, 3.05) is 0 Å². The predicted molar refractivity (Wildman–Crippen MR) is 35.2 cm³/mol. The summed E-state index contributed by atoms with van der Waals surface area (Å²) in [6.07, 6.45) is 4.81. The summed E-state index contributed by atoms with van der Waals surface area (Å²) in [4.78, 5) is 0. The van der Waals surface area contributed by atoms with Crippen LogP contribution in [0.4, 0.5) is 0 Å². The van der Waals surface area contributed by atoms with Gasteiger partial charge in [-0.2, -0.15) is 0 Å². The number of rotatable bonds is 1. The van der Waals surface area contributed by atoms with Crippen LogP contribution in [0.5, 0.6) is 0 Å². The maximum atomic E-state index is 5.06. The largest absolute Gasteiger partial charge is 0.472 e. The molecular weight excluding hydrogens is 128 g/mol. The molecule has 0 amide bonds. The van der Waals surface area contributed by atoms with Crippen molar-refractivity contribution in [3.63, 3.8) is 0 Å². The molecule has 2 rings (SSSR count). The van der Waals surface area contributed by atoms with Gasteiger partial charge < -0.3 is 8.83 Å². The van der Waals surface area contributed by atoms with Gasteiger partial charge >= 0.3 is 0 Å². The van der Waals surface area contributed by atoms with Crippen molar-refractivity contribution in [3.8, 4) is 11.3 Å². The fourth-order valence-corrected chi connectivity index (χ4v) is 0.791. The van der Waals surface area contributed by atoms with E-state index in [-0.39, 0.29) is 0 Å². The summed E-state index contributed by atoms with van der Waals surface area (Å²) < 4.78 is 9.92. The van der Waals surface area contributed by atoms with Crippen LogP contribution in [0.25, 0.3) is 11.3 Å². The monoisotopic (exact) mass is 133 g/mol. The van der Waals surface area contributed by atoms with Crippen molar-refractivity contribution >= 4 is 0 Å². The maximum absolute atomic E-state index is 5.06. The molecule has 0 N–H and O–H groups in total. The number of furan rings is 2. The van der Waals surface area contributed by atoms with Crippen LogP contribution in [0.15, 0.2) is 39.8 Å². The van der Waals surface area contributed by atoms with Crippen LogP contribution in [0.3, 0.4) is 0 Å². The summed E-state index contributed by atoms with van der Waals surface area (Å²) in [5, 5.41) is 0. The lowest BCUT2D eigenvalue weighted by Gasteiger charge is -1.83. The number of hydrogen-bond acceptors (Lipinski definition) is 2. The van der Waals surface area contributed by atoms with E-state index in [1.165, 1.54) is 0 Å². The minimum absolute atomic E-state index is 0.716. The van der Waals surface area contributed by atoms with Crippen molar-refractivity contribution in [1.82, 2.24) is 0 Å². The van der Waals surface area contributed by atoms with Gasteiger partial charge in [-0.25, -0.2) is 0 Å². The Kier molecular flexibility index (Phi) is 1.10. The predicted octanol–water partition coefficient (Wildman–Crippen LogP) is 2.34. The van der Waals surface area contributed by atoms with Crippen LogP contribution in [0, 0.1) is 6.07 Å². The lowest BCUT2D eigenvalue weighted by molar-refractivity contribution is 0.560. The molecule has 0 aliphatic carbocycles. The summed E-state index contributed by atoms with van der Waals surface area (Å²) in [5.41, 5.74) is 0.921. The highest BCUT2D eigenvalue weighted by Gasteiger charge is 1.99. The fourth-order valence-electron chi connectivity index (χ4n) is 0.791. The van der Waals surface area contributed by atoms with Crippen molar-refractivity contribution in [1.29, 1.82) is 0 Å². The van der Waals surface area contributed by atoms with Crippen LogP contribution in [0.1, 0.15) is 0 Å². The second kappa shape index (κ2) is 2.06. The molecule has 2 heterocycles. The van der Waals surface area contributed by atoms with Crippen LogP contribution in [0.2, 0.25) is 0 Å². The quantitative estimate of drug-likeness (QED) is 0.596. The number of hydrogen-bond donors (Lipinski definition) is 0. The highest BCUT2D eigenvalue weighted by molar-refractivity contribution is 5.53. The summed E-state index contributed by atoms with van der Waals surface area (Å²) in [7, 11) is 0. The first-order valence-electron chi connectivity index (χ1n) is 2.94. The molecule has 0 aromatic carbocycles. The Morgan fingerprint density at radius 3 is 2.90 bits per heavy atom. The van der Waals surface area contributed by atoms with E-state index in [0.29, 0.717) is 5.76 Å². The van der Waals surface area contributed by atoms with Crippen molar-refractivity contribution in [2.45, 2.75) is 0 Å². The van der Waals surface area contributed by atoms with Gasteiger partial charge in [-0.1, -0.05) is 0 Å². The zero-order chi connectivity index (χ0) is 6.81. The molecule has 2 aromatic heterocycles. The summed E-state index contributed by atoms with van der Waals surface area (Å²) in [6.45, 7) is 0. The minimum atomic E-state index is 0.716. The fraction of sp³-hybridized carbons (Fsp3) is 0. The van der Waals surface area contributed by atoms with Gasteiger partial charge in [0, 0.05) is 6.07 Å². The third-order valence-corrected chi connectivity index (χ3v) is 1.25. The Balaban J connectivity index is 2.48. The standard InChI is InChI=1S/C8H5O2/c1-2-8(10-4-1)7-3-5-9-6-7/h1,3-6H. The van der Waals surface area contributed by atoms with Gasteiger partial charge in [-0.3, -0.25) is 0 Å². The minimum Gasteiger partial charge on any atom is -0.472 e. The highest BCUT2D eigenvalue weighted by Crippen LogP contribution is 2.18. The van der Waals surface area contributed by atoms with Gasteiger partial charge in [0.25, 0.3) is 0 Å². The van der Waals surface area contributed by atoms with Gasteiger partial charge in [-0.15, -0.1) is 0 Å². The summed E-state index contributed by atoms with van der Waals surface area (Å²) >= 11 is 0. The topological polar surface area (TPSA) is 26.3 Å². The van der Waals surface area contributed by atoms with Gasteiger partial charge in [0.1, 0.15) is 12.0 Å². The molecule has 49 valence electrons. The second-order valence-corrected chi connectivity index (χ2v) is 1.91. The molecule has 2 aromatic rings. The molecule has 0 bridgehead atoms. The average molecular weight is 133 g/mol. The highest BCUT2D eigenvalue weighted by atomic mass is 16.3. The molecule has 2 heteroatoms. The molecule has 0 atom stereocenters. The Labute approximate surface area is 58.1 Å². The molecule has 0 aliphatic rings. The molecule has 0 saturated heterocycles. The van der Waals surface area contributed by atoms with E-state index in [4.69, 9.17) is 8.83 Å². The van der Waals surface area contributed by atoms with E-state index in [2.05, 4.69) is 6.07 Å². The van der Waals surface area contributed by atoms with E-state index in [1.807, 2.05) is 6.07 Å². The molecule has 2 nitrogen and oxygen atoms in total. The zero-order valence-corrected chi connectivity index (χ0v) is 5.20. The third kappa shape index (κ3) is 0.739. The molecular formula is C8H5O2. The van der Waals surface area contributed by atoms with E-state index in [9.17, 15) is 0 Å². The molecule has 0 fully saturated rings. The van der Waals surface area contributed by atoms with Gasteiger partial charge in [0.15, 0.2) is 0 Å². The van der Waals surface area contributed by atoms with Crippen LogP contribution < -0.4 is 0 Å². The Hall–Kier alpha value is -1.44. The van der Waals surface area contributed by atoms with E-state index in [1.54, 1.807) is 24.9 Å². The lowest BCUT2D eigenvalue weighted by atomic mass is 10.3. The van der Waals surface area contributed by atoms with Crippen molar-refractivity contribution in [2.24, 2.45) is 0 Å². The smallest absolute Gasteiger partial charge is 0.145 e. The summed E-state index contributed by atoms with van der Waals surface area (Å²) in [6, 6.07) is 6.47. The first-order valence-corrected chi connectivity index (χ1v) is 2.94. The van der Waals surface area contributed by atoms with Crippen molar-refractivity contribution < 1.29 is 8.83 Å². The normalized spacial score (nSPS) is 10.0. The Bertz CT molecular complexity index is 247. The van der Waals surface area contributed by atoms with Gasteiger partial charge in [0.05, 0.1) is 18.1 Å².